The van der Waals surface area contributed by atoms with Crippen molar-refractivity contribution >= 4 is 55.2 Å². The third kappa shape index (κ3) is 6.39. The van der Waals surface area contributed by atoms with E-state index in [4.69, 9.17) is 4.74 Å². The van der Waals surface area contributed by atoms with Crippen LogP contribution in [0.3, 0.4) is 0 Å². The molecule has 2 aromatic carbocycles. The van der Waals surface area contributed by atoms with Crippen molar-refractivity contribution in [1.82, 2.24) is 5.32 Å². The maximum atomic E-state index is 12.0. The second kappa shape index (κ2) is 9.43. The van der Waals surface area contributed by atoms with Gasteiger partial charge in [0.25, 0.3) is 0 Å². The van der Waals surface area contributed by atoms with Crippen molar-refractivity contribution in [2.45, 2.75) is 6.42 Å². The van der Waals surface area contributed by atoms with Crippen LogP contribution in [0.15, 0.2) is 51.4 Å². The summed E-state index contributed by atoms with van der Waals surface area (Å²) in [6.07, 6.45) is 0.162. The summed E-state index contributed by atoms with van der Waals surface area (Å²) in [6, 6.07) is 12.1. The number of methoxy groups -OCH3 is 1. The minimum absolute atomic E-state index is 0.162. The Bertz CT molecular complexity index is 751. The highest BCUT2D eigenvalue weighted by atomic mass is 79.9. The van der Waals surface area contributed by atoms with Crippen LogP contribution in [-0.2, 0) is 4.79 Å². The van der Waals surface area contributed by atoms with E-state index in [1.165, 1.54) is 0 Å². The lowest BCUT2D eigenvalue weighted by atomic mass is 10.3. The molecule has 0 radical (unpaired) electrons. The SMILES string of the molecule is COc1ccc(NC(=O)NCCC(=O)Nc2cc(Br)ccc2Br)cc1. The van der Waals surface area contributed by atoms with Crippen LogP contribution in [0.4, 0.5) is 16.2 Å². The first-order valence-electron chi connectivity index (χ1n) is 7.42. The molecule has 0 saturated carbocycles. The number of amides is 3. The molecular weight excluding hydrogens is 454 g/mol. The van der Waals surface area contributed by atoms with Gasteiger partial charge >= 0.3 is 6.03 Å². The summed E-state index contributed by atoms with van der Waals surface area (Å²) in [5.74, 6) is 0.518. The van der Waals surface area contributed by atoms with Crippen LogP contribution in [0.2, 0.25) is 0 Å². The number of anilines is 2. The van der Waals surface area contributed by atoms with E-state index < -0.39 is 0 Å². The molecule has 0 heterocycles. The molecule has 0 spiro atoms. The number of carbonyl (C=O) groups is 2. The fraction of sp³-hybridized carbons (Fsp3) is 0.176. The largest absolute Gasteiger partial charge is 0.497 e. The first kappa shape index (κ1) is 19.3. The predicted octanol–water partition coefficient (Wildman–Crippen LogP) is 4.37. The number of ether oxygens (including phenoxy) is 1. The van der Waals surface area contributed by atoms with E-state index in [0.29, 0.717) is 17.1 Å². The molecule has 6 nitrogen and oxygen atoms in total. The lowest BCUT2D eigenvalue weighted by molar-refractivity contribution is -0.116. The van der Waals surface area contributed by atoms with Gasteiger partial charge < -0.3 is 20.7 Å². The highest BCUT2D eigenvalue weighted by molar-refractivity contribution is 9.11. The van der Waals surface area contributed by atoms with Crippen molar-refractivity contribution in [3.05, 3.63) is 51.4 Å². The van der Waals surface area contributed by atoms with E-state index >= 15 is 0 Å². The molecule has 2 rings (SSSR count). The number of nitrogens with one attached hydrogen (secondary N) is 3. The number of hydrogen-bond donors (Lipinski definition) is 3. The van der Waals surface area contributed by atoms with Gasteiger partial charge in [0.15, 0.2) is 0 Å². The van der Waals surface area contributed by atoms with E-state index in [0.717, 1.165) is 8.95 Å². The van der Waals surface area contributed by atoms with E-state index in [1.54, 1.807) is 37.4 Å². The molecule has 0 unspecified atom stereocenters. The van der Waals surface area contributed by atoms with Gasteiger partial charge in [-0.15, -0.1) is 0 Å². The molecule has 3 amide bonds. The standard InChI is InChI=1S/C17H17Br2N3O3/c1-25-13-5-3-12(4-6-13)21-17(24)20-9-8-16(23)22-15-10-11(18)2-7-14(15)19/h2-7,10H,8-9H2,1H3,(H,22,23)(H2,20,21,24). The Balaban J connectivity index is 1.74. The highest BCUT2D eigenvalue weighted by Gasteiger charge is 2.07. The zero-order chi connectivity index (χ0) is 18.2. The molecular formula is C17H17Br2N3O3. The first-order valence-corrected chi connectivity index (χ1v) is 9.00. The van der Waals surface area contributed by atoms with Crippen LogP contribution in [-0.4, -0.2) is 25.6 Å². The van der Waals surface area contributed by atoms with Gasteiger partial charge in [0.2, 0.25) is 5.91 Å². The lowest BCUT2D eigenvalue weighted by Gasteiger charge is -2.10. The van der Waals surface area contributed by atoms with Gasteiger partial charge in [-0.1, -0.05) is 15.9 Å². The Kier molecular flexibility index (Phi) is 7.27. The lowest BCUT2D eigenvalue weighted by Crippen LogP contribution is -2.31. The van der Waals surface area contributed by atoms with Crippen molar-refractivity contribution in [1.29, 1.82) is 0 Å². The molecule has 0 aliphatic rings. The first-order chi connectivity index (χ1) is 12.0. The molecule has 25 heavy (non-hydrogen) atoms. The van der Waals surface area contributed by atoms with Crippen LogP contribution in [0, 0.1) is 0 Å². The number of urea groups is 1. The molecule has 3 N–H and O–H groups in total. The van der Waals surface area contributed by atoms with Crippen molar-refractivity contribution in [3.63, 3.8) is 0 Å². The highest BCUT2D eigenvalue weighted by Crippen LogP contribution is 2.26. The van der Waals surface area contributed by atoms with Crippen LogP contribution >= 0.6 is 31.9 Å². The summed E-state index contributed by atoms with van der Waals surface area (Å²) >= 11 is 6.73. The molecule has 0 fully saturated rings. The van der Waals surface area contributed by atoms with Gasteiger partial charge in [0, 0.05) is 27.6 Å². The summed E-state index contributed by atoms with van der Waals surface area (Å²) < 4.78 is 6.70. The molecule has 2 aromatic rings. The average molecular weight is 471 g/mol. The van der Waals surface area contributed by atoms with Crippen molar-refractivity contribution in [3.8, 4) is 5.75 Å². The van der Waals surface area contributed by atoms with Gasteiger partial charge in [-0.05, 0) is 58.4 Å². The smallest absolute Gasteiger partial charge is 0.319 e. The number of benzene rings is 2. The third-order valence-corrected chi connectivity index (χ3v) is 4.37. The Labute approximate surface area is 162 Å². The topological polar surface area (TPSA) is 79.5 Å². The van der Waals surface area contributed by atoms with Crippen molar-refractivity contribution < 1.29 is 14.3 Å². The molecule has 132 valence electrons. The molecule has 0 aliphatic heterocycles. The van der Waals surface area contributed by atoms with Crippen molar-refractivity contribution in [2.75, 3.05) is 24.3 Å². The molecule has 8 heteroatoms. The average Bonchev–Trinajstić information content (AvgIpc) is 2.59. The Morgan fingerprint density at radius 3 is 2.44 bits per heavy atom. The van der Waals surface area contributed by atoms with Gasteiger partial charge in [-0.25, -0.2) is 4.79 Å². The maximum absolute atomic E-state index is 12.0. The van der Waals surface area contributed by atoms with E-state index in [-0.39, 0.29) is 24.9 Å². The fourth-order valence-corrected chi connectivity index (χ4v) is 2.65. The Morgan fingerprint density at radius 1 is 1.04 bits per heavy atom. The molecule has 0 aliphatic carbocycles. The summed E-state index contributed by atoms with van der Waals surface area (Å²) in [6.45, 7) is 0.222. The molecule has 0 bridgehead atoms. The van der Waals surface area contributed by atoms with Gasteiger partial charge in [0.1, 0.15) is 5.75 Å². The van der Waals surface area contributed by atoms with Crippen LogP contribution in [0.1, 0.15) is 6.42 Å². The van der Waals surface area contributed by atoms with Gasteiger partial charge in [-0.2, -0.15) is 0 Å². The third-order valence-electron chi connectivity index (χ3n) is 3.19. The zero-order valence-electron chi connectivity index (χ0n) is 13.4. The number of carbonyl (C=O) groups excluding carboxylic acids is 2. The Hall–Kier alpha value is -2.06. The van der Waals surface area contributed by atoms with Crippen molar-refractivity contribution in [2.24, 2.45) is 0 Å². The molecule has 0 atom stereocenters. The maximum Gasteiger partial charge on any atom is 0.319 e. The van der Waals surface area contributed by atoms with Crippen LogP contribution in [0.5, 0.6) is 5.75 Å². The predicted molar refractivity (Wildman–Crippen MR) is 105 cm³/mol. The number of hydrogen-bond acceptors (Lipinski definition) is 3. The molecule has 0 aromatic heterocycles. The minimum Gasteiger partial charge on any atom is -0.497 e. The van der Waals surface area contributed by atoms with Gasteiger partial charge in [0.05, 0.1) is 12.8 Å². The minimum atomic E-state index is -0.374. The number of rotatable bonds is 6. The fourth-order valence-electron chi connectivity index (χ4n) is 1.95. The normalized spacial score (nSPS) is 10.0. The Morgan fingerprint density at radius 2 is 1.76 bits per heavy atom. The van der Waals surface area contributed by atoms with E-state index in [1.807, 2.05) is 12.1 Å². The summed E-state index contributed by atoms with van der Waals surface area (Å²) in [5, 5.41) is 8.11. The summed E-state index contributed by atoms with van der Waals surface area (Å²) in [7, 11) is 1.58. The van der Waals surface area contributed by atoms with E-state index in [2.05, 4.69) is 47.8 Å². The summed E-state index contributed by atoms with van der Waals surface area (Å²) in [5.41, 5.74) is 1.31. The van der Waals surface area contributed by atoms with Gasteiger partial charge in [-0.3, -0.25) is 4.79 Å². The summed E-state index contributed by atoms with van der Waals surface area (Å²) in [4.78, 5) is 23.8. The van der Waals surface area contributed by atoms with Crippen LogP contribution in [0.25, 0.3) is 0 Å². The zero-order valence-corrected chi connectivity index (χ0v) is 16.6. The second-order valence-corrected chi connectivity index (χ2v) is 6.80. The van der Waals surface area contributed by atoms with E-state index in [9.17, 15) is 9.59 Å². The molecule has 0 saturated heterocycles. The number of halogens is 2. The monoisotopic (exact) mass is 469 g/mol. The quantitative estimate of drug-likeness (QED) is 0.586. The van der Waals surface area contributed by atoms with Crippen LogP contribution < -0.4 is 20.7 Å². The second-order valence-electron chi connectivity index (χ2n) is 5.03.